The van der Waals surface area contributed by atoms with Gasteiger partial charge in [-0.15, -0.1) is 0 Å². The average molecular weight is 232 g/mol. The topological polar surface area (TPSA) is 67.6 Å². The van der Waals surface area contributed by atoms with Crippen molar-refractivity contribution in [2.45, 2.75) is 13.3 Å². The Morgan fingerprint density at radius 2 is 2.06 bits per heavy atom. The molecule has 82 valence electrons. The molecule has 0 aliphatic heterocycles. The number of aromatic amines is 1. The standard InChI is InChI=1S/C11H12N4S/c1-7-4-2-3-5-8(7)6-9-13-10(12)15-11(16)14-9/h2-5H,6H2,1H3,(H3,12,13,14,15,16). The van der Waals surface area contributed by atoms with Crippen molar-refractivity contribution in [1.29, 1.82) is 0 Å². The number of aryl methyl sites for hydroxylation is 1. The van der Waals surface area contributed by atoms with Gasteiger partial charge in [0.1, 0.15) is 5.82 Å². The fraction of sp³-hybridized carbons (Fsp3) is 0.182. The van der Waals surface area contributed by atoms with Crippen molar-refractivity contribution in [2.75, 3.05) is 5.73 Å². The van der Waals surface area contributed by atoms with Crippen molar-refractivity contribution in [2.24, 2.45) is 0 Å². The van der Waals surface area contributed by atoms with Gasteiger partial charge in [0.25, 0.3) is 0 Å². The van der Waals surface area contributed by atoms with E-state index >= 15 is 0 Å². The van der Waals surface area contributed by atoms with Gasteiger partial charge in [0.15, 0.2) is 0 Å². The number of nitrogens with zero attached hydrogens (tertiary/aromatic N) is 2. The zero-order valence-corrected chi connectivity index (χ0v) is 9.71. The second kappa shape index (κ2) is 4.40. The van der Waals surface area contributed by atoms with E-state index in [-0.39, 0.29) is 4.77 Å². The molecular formula is C11H12N4S. The van der Waals surface area contributed by atoms with Crippen LogP contribution in [0.1, 0.15) is 17.0 Å². The molecule has 0 aliphatic carbocycles. The number of H-pyrrole nitrogens is 1. The largest absolute Gasteiger partial charge is 0.369 e. The zero-order chi connectivity index (χ0) is 11.5. The number of nitrogens with one attached hydrogen (secondary N) is 1. The summed E-state index contributed by atoms with van der Waals surface area (Å²) in [4.78, 5) is 10.9. The van der Waals surface area contributed by atoms with E-state index in [1.54, 1.807) is 0 Å². The summed E-state index contributed by atoms with van der Waals surface area (Å²) in [6, 6.07) is 8.13. The van der Waals surface area contributed by atoms with Crippen molar-refractivity contribution in [3.8, 4) is 0 Å². The first-order chi connectivity index (χ1) is 7.65. The van der Waals surface area contributed by atoms with E-state index < -0.39 is 0 Å². The molecule has 0 saturated heterocycles. The highest BCUT2D eigenvalue weighted by Crippen LogP contribution is 2.10. The molecule has 1 aromatic heterocycles. The van der Waals surface area contributed by atoms with Crippen LogP contribution >= 0.6 is 12.2 Å². The Balaban J connectivity index is 2.34. The Bertz CT molecular complexity index is 562. The van der Waals surface area contributed by atoms with E-state index in [0.29, 0.717) is 12.4 Å². The van der Waals surface area contributed by atoms with Crippen LogP contribution in [0.25, 0.3) is 0 Å². The van der Waals surface area contributed by atoms with Crippen LogP contribution in [0.3, 0.4) is 0 Å². The first kappa shape index (κ1) is 10.8. The van der Waals surface area contributed by atoms with Crippen molar-refractivity contribution in [3.05, 3.63) is 46.0 Å². The lowest BCUT2D eigenvalue weighted by molar-refractivity contribution is 0.912. The van der Waals surface area contributed by atoms with Crippen molar-refractivity contribution in [3.63, 3.8) is 0 Å². The summed E-state index contributed by atoms with van der Waals surface area (Å²) in [7, 11) is 0. The highest BCUT2D eigenvalue weighted by atomic mass is 32.1. The summed E-state index contributed by atoms with van der Waals surface area (Å²) in [5.41, 5.74) is 8.00. The number of hydrogen-bond donors (Lipinski definition) is 2. The Hall–Kier alpha value is -1.75. The minimum absolute atomic E-state index is 0.278. The highest BCUT2D eigenvalue weighted by Gasteiger charge is 2.02. The van der Waals surface area contributed by atoms with E-state index in [9.17, 15) is 0 Å². The van der Waals surface area contributed by atoms with Gasteiger partial charge in [0.2, 0.25) is 10.7 Å². The Labute approximate surface area is 98.6 Å². The third kappa shape index (κ3) is 2.43. The number of anilines is 1. The lowest BCUT2D eigenvalue weighted by Crippen LogP contribution is -2.04. The normalized spacial score (nSPS) is 10.3. The van der Waals surface area contributed by atoms with E-state index in [1.807, 2.05) is 12.1 Å². The zero-order valence-electron chi connectivity index (χ0n) is 8.90. The molecule has 0 amide bonds. The lowest BCUT2D eigenvalue weighted by atomic mass is 10.1. The van der Waals surface area contributed by atoms with E-state index in [1.165, 1.54) is 11.1 Å². The minimum Gasteiger partial charge on any atom is -0.369 e. The Morgan fingerprint density at radius 1 is 1.31 bits per heavy atom. The second-order valence-electron chi connectivity index (χ2n) is 3.57. The summed E-state index contributed by atoms with van der Waals surface area (Å²) >= 11 is 4.91. The molecule has 0 aliphatic rings. The van der Waals surface area contributed by atoms with E-state index in [4.69, 9.17) is 18.0 Å². The van der Waals surface area contributed by atoms with E-state index in [0.717, 1.165) is 5.82 Å². The number of hydrogen-bond acceptors (Lipinski definition) is 4. The van der Waals surface area contributed by atoms with Gasteiger partial charge < -0.3 is 10.7 Å². The van der Waals surface area contributed by atoms with E-state index in [2.05, 4.69) is 34.0 Å². The van der Waals surface area contributed by atoms with Crippen LogP contribution in [-0.4, -0.2) is 15.0 Å². The molecule has 1 aromatic carbocycles. The van der Waals surface area contributed by atoms with Crippen LogP contribution in [0.5, 0.6) is 0 Å². The Kier molecular flexibility index (Phi) is 2.96. The molecule has 2 rings (SSSR count). The summed E-state index contributed by atoms with van der Waals surface area (Å²) < 4.78 is 0.278. The molecule has 2 aromatic rings. The van der Waals surface area contributed by atoms with Crippen LogP contribution in [0, 0.1) is 11.7 Å². The molecule has 16 heavy (non-hydrogen) atoms. The predicted octanol–water partition coefficient (Wildman–Crippen LogP) is 2.02. The van der Waals surface area contributed by atoms with Gasteiger partial charge in [0.05, 0.1) is 0 Å². The number of aromatic nitrogens is 3. The maximum absolute atomic E-state index is 5.58. The molecule has 4 nitrogen and oxygen atoms in total. The lowest BCUT2D eigenvalue weighted by Gasteiger charge is -2.05. The molecule has 0 spiro atoms. The van der Waals surface area contributed by atoms with Gasteiger partial charge in [-0.1, -0.05) is 24.3 Å². The van der Waals surface area contributed by atoms with Gasteiger partial charge in [-0.2, -0.15) is 4.98 Å². The van der Waals surface area contributed by atoms with Crippen LogP contribution in [0.15, 0.2) is 24.3 Å². The molecule has 0 unspecified atom stereocenters. The van der Waals surface area contributed by atoms with Gasteiger partial charge in [-0.25, -0.2) is 4.98 Å². The number of benzene rings is 1. The summed E-state index contributed by atoms with van der Waals surface area (Å²) in [5.74, 6) is 1.05. The molecule has 0 bridgehead atoms. The fourth-order valence-corrected chi connectivity index (χ4v) is 1.73. The SMILES string of the molecule is Cc1ccccc1Cc1nc(=S)nc(N)[nH]1. The van der Waals surface area contributed by atoms with Crippen molar-refractivity contribution in [1.82, 2.24) is 15.0 Å². The van der Waals surface area contributed by atoms with Crippen LogP contribution in [-0.2, 0) is 6.42 Å². The number of nitrogen functional groups attached to an aromatic ring is 1. The first-order valence-corrected chi connectivity index (χ1v) is 5.33. The average Bonchev–Trinajstić information content (AvgIpc) is 2.20. The second-order valence-corrected chi connectivity index (χ2v) is 3.93. The van der Waals surface area contributed by atoms with Crippen LogP contribution in [0.4, 0.5) is 5.95 Å². The molecule has 5 heteroatoms. The first-order valence-electron chi connectivity index (χ1n) is 4.92. The van der Waals surface area contributed by atoms with Gasteiger partial charge in [0, 0.05) is 6.42 Å². The maximum atomic E-state index is 5.58. The van der Waals surface area contributed by atoms with Gasteiger partial charge >= 0.3 is 0 Å². The predicted molar refractivity (Wildman–Crippen MR) is 65.6 cm³/mol. The molecule has 0 atom stereocenters. The monoisotopic (exact) mass is 232 g/mol. The Morgan fingerprint density at radius 3 is 2.75 bits per heavy atom. The molecule has 0 fully saturated rings. The molecular weight excluding hydrogens is 220 g/mol. The van der Waals surface area contributed by atoms with Crippen molar-refractivity contribution >= 4 is 18.2 Å². The number of rotatable bonds is 2. The van der Waals surface area contributed by atoms with Crippen molar-refractivity contribution < 1.29 is 0 Å². The third-order valence-electron chi connectivity index (χ3n) is 2.34. The smallest absolute Gasteiger partial charge is 0.224 e. The van der Waals surface area contributed by atoms with Gasteiger partial charge in [-0.3, -0.25) is 0 Å². The third-order valence-corrected chi connectivity index (χ3v) is 2.52. The number of nitrogens with two attached hydrogens (primary N) is 1. The molecule has 3 N–H and O–H groups in total. The summed E-state index contributed by atoms with van der Waals surface area (Å²) in [6.45, 7) is 2.06. The molecule has 1 heterocycles. The quantitative estimate of drug-likeness (QED) is 0.777. The minimum atomic E-state index is 0.278. The highest BCUT2D eigenvalue weighted by molar-refractivity contribution is 7.71. The molecule has 0 radical (unpaired) electrons. The van der Waals surface area contributed by atoms with Crippen LogP contribution in [0.2, 0.25) is 0 Å². The summed E-state index contributed by atoms with van der Waals surface area (Å²) in [5, 5.41) is 0. The maximum Gasteiger partial charge on any atom is 0.224 e. The fourth-order valence-electron chi connectivity index (χ4n) is 1.52. The summed E-state index contributed by atoms with van der Waals surface area (Å²) in [6.07, 6.45) is 0.684. The van der Waals surface area contributed by atoms with Gasteiger partial charge in [-0.05, 0) is 30.3 Å². The molecule has 0 saturated carbocycles. The van der Waals surface area contributed by atoms with Crippen LogP contribution < -0.4 is 5.73 Å².